The predicted molar refractivity (Wildman–Crippen MR) is 92.6 cm³/mol. The molecule has 1 aromatic carbocycles. The molecule has 1 aromatic heterocycles. The first kappa shape index (κ1) is 18.0. The molecule has 0 aliphatic rings. The number of nitrogens with zero attached hydrogens (tertiary/aromatic N) is 2. The number of rotatable bonds is 4. The minimum atomic E-state index is -0.663. The van der Waals surface area contributed by atoms with E-state index in [0.29, 0.717) is 0 Å². The third kappa shape index (κ3) is 4.56. The molecular formula is C18H17BrN2O3. The summed E-state index contributed by atoms with van der Waals surface area (Å²) in [7, 11) is 0. The van der Waals surface area contributed by atoms with Gasteiger partial charge < -0.3 is 9.47 Å². The van der Waals surface area contributed by atoms with Gasteiger partial charge in [-0.3, -0.25) is 0 Å². The van der Waals surface area contributed by atoms with Crippen molar-refractivity contribution in [2.75, 3.05) is 0 Å². The van der Waals surface area contributed by atoms with Crippen LogP contribution in [0.1, 0.15) is 42.4 Å². The van der Waals surface area contributed by atoms with Crippen LogP contribution in [0, 0.1) is 11.3 Å². The molecule has 124 valence electrons. The van der Waals surface area contributed by atoms with Gasteiger partial charge in [0.05, 0.1) is 10.7 Å². The monoisotopic (exact) mass is 388 g/mol. The fraction of sp³-hybridized carbons (Fsp3) is 0.278. The Labute approximate surface area is 149 Å². The Kier molecular flexibility index (Phi) is 5.58. The van der Waals surface area contributed by atoms with Crippen LogP contribution in [0.15, 0.2) is 41.0 Å². The first-order valence-corrected chi connectivity index (χ1v) is 8.10. The summed E-state index contributed by atoms with van der Waals surface area (Å²) in [5, 5.41) is 9.12. The number of ether oxygens (including phenoxy) is 2. The van der Waals surface area contributed by atoms with Crippen molar-refractivity contribution in [1.82, 2.24) is 4.98 Å². The molecule has 5 nitrogen and oxygen atoms in total. The number of aromatic nitrogens is 1. The number of pyridine rings is 1. The van der Waals surface area contributed by atoms with Gasteiger partial charge >= 0.3 is 5.97 Å². The van der Waals surface area contributed by atoms with Crippen molar-refractivity contribution in [3.63, 3.8) is 0 Å². The molecule has 0 saturated heterocycles. The van der Waals surface area contributed by atoms with Crippen LogP contribution in [0.25, 0.3) is 0 Å². The number of hydrogen-bond acceptors (Lipinski definition) is 5. The number of nitriles is 1. The second-order valence-electron chi connectivity index (χ2n) is 6.05. The van der Waals surface area contributed by atoms with Crippen LogP contribution < -0.4 is 4.74 Å². The van der Waals surface area contributed by atoms with E-state index < -0.39 is 11.6 Å². The standard InChI is InChI=1S/C18H17BrN2O3/c1-18(2,3)24-17(22)15-14(10-21-13(9-20)16(15)19)23-11-12-7-5-4-6-8-12/h4-8,10H,11H2,1-3H3. The van der Waals surface area contributed by atoms with Crippen molar-refractivity contribution in [2.24, 2.45) is 0 Å². The maximum absolute atomic E-state index is 12.5. The minimum absolute atomic E-state index is 0.0999. The van der Waals surface area contributed by atoms with E-state index in [0.717, 1.165) is 5.56 Å². The third-order valence-corrected chi connectivity index (χ3v) is 3.70. The van der Waals surface area contributed by atoms with Crippen LogP contribution in [0.5, 0.6) is 5.75 Å². The van der Waals surface area contributed by atoms with E-state index in [2.05, 4.69) is 20.9 Å². The molecule has 0 fully saturated rings. The summed E-state index contributed by atoms with van der Waals surface area (Å²) >= 11 is 3.26. The van der Waals surface area contributed by atoms with Gasteiger partial charge in [-0.1, -0.05) is 30.3 Å². The molecular weight excluding hydrogens is 372 g/mol. The molecule has 0 aliphatic carbocycles. The summed E-state index contributed by atoms with van der Waals surface area (Å²) in [6.07, 6.45) is 1.37. The zero-order valence-electron chi connectivity index (χ0n) is 13.7. The van der Waals surface area contributed by atoms with E-state index in [1.807, 2.05) is 36.4 Å². The average molecular weight is 389 g/mol. The van der Waals surface area contributed by atoms with Gasteiger partial charge in [0.1, 0.15) is 23.8 Å². The number of esters is 1. The normalized spacial score (nSPS) is 10.8. The van der Waals surface area contributed by atoms with Crippen molar-refractivity contribution >= 4 is 21.9 Å². The van der Waals surface area contributed by atoms with Gasteiger partial charge in [-0.05, 0) is 42.3 Å². The van der Waals surface area contributed by atoms with E-state index in [1.54, 1.807) is 20.8 Å². The molecule has 0 N–H and O–H groups in total. The third-order valence-electron chi connectivity index (χ3n) is 2.93. The Morgan fingerprint density at radius 3 is 2.54 bits per heavy atom. The summed E-state index contributed by atoms with van der Waals surface area (Å²) in [5.74, 6) is -0.310. The lowest BCUT2D eigenvalue weighted by Gasteiger charge is -2.21. The van der Waals surface area contributed by atoms with E-state index in [-0.39, 0.29) is 28.1 Å². The molecule has 0 radical (unpaired) electrons. The quantitative estimate of drug-likeness (QED) is 0.731. The second kappa shape index (κ2) is 7.45. The summed E-state index contributed by atoms with van der Waals surface area (Å²) in [4.78, 5) is 16.5. The van der Waals surface area contributed by atoms with Crippen molar-refractivity contribution in [3.05, 3.63) is 57.8 Å². The summed E-state index contributed by atoms with van der Waals surface area (Å²) in [6, 6.07) is 11.5. The number of carbonyl (C=O) groups is 1. The lowest BCUT2D eigenvalue weighted by atomic mass is 10.1. The Balaban J connectivity index is 2.35. The summed E-state index contributed by atoms with van der Waals surface area (Å²) < 4.78 is 11.4. The molecule has 2 aromatic rings. The SMILES string of the molecule is CC(C)(C)OC(=O)c1c(OCc2ccccc2)cnc(C#N)c1Br. The van der Waals surface area contributed by atoms with Crippen molar-refractivity contribution in [2.45, 2.75) is 33.0 Å². The number of halogens is 1. The highest BCUT2D eigenvalue weighted by Gasteiger charge is 2.26. The molecule has 6 heteroatoms. The minimum Gasteiger partial charge on any atom is -0.486 e. The van der Waals surface area contributed by atoms with E-state index in [9.17, 15) is 4.79 Å². The molecule has 2 rings (SSSR count). The van der Waals surface area contributed by atoms with Gasteiger partial charge in [-0.15, -0.1) is 0 Å². The number of benzene rings is 1. The molecule has 0 saturated carbocycles. The molecule has 0 bridgehead atoms. The Morgan fingerprint density at radius 2 is 1.96 bits per heavy atom. The zero-order chi connectivity index (χ0) is 17.7. The van der Waals surface area contributed by atoms with Gasteiger partial charge in [-0.2, -0.15) is 5.26 Å². The van der Waals surface area contributed by atoms with E-state index in [1.165, 1.54) is 6.20 Å². The van der Waals surface area contributed by atoms with Crippen molar-refractivity contribution in [3.8, 4) is 11.8 Å². The van der Waals surface area contributed by atoms with Crippen LogP contribution >= 0.6 is 15.9 Å². The highest BCUT2D eigenvalue weighted by Crippen LogP contribution is 2.31. The summed E-state index contributed by atoms with van der Waals surface area (Å²) in [6.45, 7) is 5.59. The van der Waals surface area contributed by atoms with Gasteiger partial charge in [0.2, 0.25) is 0 Å². The zero-order valence-corrected chi connectivity index (χ0v) is 15.3. The van der Waals surface area contributed by atoms with Crippen molar-refractivity contribution < 1.29 is 14.3 Å². The molecule has 1 heterocycles. The van der Waals surface area contributed by atoms with Crippen molar-refractivity contribution in [1.29, 1.82) is 5.26 Å². The highest BCUT2D eigenvalue weighted by atomic mass is 79.9. The highest BCUT2D eigenvalue weighted by molar-refractivity contribution is 9.10. The molecule has 0 spiro atoms. The molecule has 0 atom stereocenters. The van der Waals surface area contributed by atoms with E-state index >= 15 is 0 Å². The lowest BCUT2D eigenvalue weighted by Crippen LogP contribution is -2.24. The maximum atomic E-state index is 12.5. The Morgan fingerprint density at radius 1 is 1.29 bits per heavy atom. The number of hydrogen-bond donors (Lipinski definition) is 0. The average Bonchev–Trinajstić information content (AvgIpc) is 2.52. The predicted octanol–water partition coefficient (Wildman–Crippen LogP) is 4.25. The first-order chi connectivity index (χ1) is 11.3. The smallest absolute Gasteiger partial charge is 0.343 e. The molecule has 24 heavy (non-hydrogen) atoms. The van der Waals surface area contributed by atoms with Crippen LogP contribution in [0.4, 0.5) is 0 Å². The number of carbonyl (C=O) groups excluding carboxylic acids is 1. The van der Waals surface area contributed by atoms with Gasteiger partial charge in [0.15, 0.2) is 11.4 Å². The maximum Gasteiger partial charge on any atom is 0.343 e. The molecule has 0 aliphatic heterocycles. The second-order valence-corrected chi connectivity index (χ2v) is 6.84. The fourth-order valence-electron chi connectivity index (χ4n) is 1.91. The summed E-state index contributed by atoms with van der Waals surface area (Å²) in [5.41, 5.74) is 0.548. The van der Waals surface area contributed by atoms with Crippen LogP contribution in [0.2, 0.25) is 0 Å². The van der Waals surface area contributed by atoms with Gasteiger partial charge in [0.25, 0.3) is 0 Å². The fourth-order valence-corrected chi connectivity index (χ4v) is 2.46. The van der Waals surface area contributed by atoms with Gasteiger partial charge in [-0.25, -0.2) is 9.78 Å². The Hall–Kier alpha value is -2.39. The Bertz CT molecular complexity index is 777. The topological polar surface area (TPSA) is 72.2 Å². The molecule has 0 amide bonds. The van der Waals surface area contributed by atoms with E-state index in [4.69, 9.17) is 14.7 Å². The lowest BCUT2D eigenvalue weighted by molar-refractivity contribution is 0.00640. The van der Waals surface area contributed by atoms with Gasteiger partial charge in [0, 0.05) is 0 Å². The first-order valence-electron chi connectivity index (χ1n) is 7.30. The van der Waals surface area contributed by atoms with Crippen LogP contribution in [-0.4, -0.2) is 16.6 Å². The molecule has 0 unspecified atom stereocenters. The van der Waals surface area contributed by atoms with Crippen LogP contribution in [0.3, 0.4) is 0 Å². The van der Waals surface area contributed by atoms with Crippen LogP contribution in [-0.2, 0) is 11.3 Å². The largest absolute Gasteiger partial charge is 0.486 e.